The molecule has 2 aromatic rings. The van der Waals surface area contributed by atoms with Gasteiger partial charge in [-0.25, -0.2) is 10.6 Å². The molecule has 142 valence electrons. The first kappa shape index (κ1) is 19.1. The van der Waals surface area contributed by atoms with Gasteiger partial charge >= 0.3 is 5.97 Å². The van der Waals surface area contributed by atoms with Gasteiger partial charge in [-0.05, 0) is 47.6 Å². The Hall–Kier alpha value is -2.71. The molecule has 6 nitrogen and oxygen atoms in total. The Balaban J connectivity index is 1.78. The molecule has 2 aromatic carbocycles. The van der Waals surface area contributed by atoms with E-state index in [2.05, 4.69) is 29.0 Å². The molecule has 1 aliphatic rings. The van der Waals surface area contributed by atoms with Gasteiger partial charge in [0, 0.05) is 0 Å². The Labute approximate surface area is 161 Å². The molecule has 8 heteroatoms. The third-order valence-electron chi connectivity index (χ3n) is 4.27. The van der Waals surface area contributed by atoms with E-state index < -0.39 is 11.7 Å². The predicted molar refractivity (Wildman–Crippen MR) is 102 cm³/mol. The van der Waals surface area contributed by atoms with E-state index in [1.807, 2.05) is 12.1 Å². The fraction of sp³-hybridized carbons (Fsp3) is 0.211. The summed E-state index contributed by atoms with van der Waals surface area (Å²) in [5, 5.41) is 0. The highest BCUT2D eigenvalue weighted by atomic mass is 32.2. The molecular formula is C19H20FN3O3S. The number of ether oxygens (including phenoxy) is 2. The van der Waals surface area contributed by atoms with E-state index in [9.17, 15) is 8.68 Å². The first-order chi connectivity index (χ1) is 13.0. The van der Waals surface area contributed by atoms with Crippen molar-refractivity contribution in [3.63, 3.8) is 0 Å². The fourth-order valence-electron chi connectivity index (χ4n) is 2.64. The number of rotatable bonds is 7. The summed E-state index contributed by atoms with van der Waals surface area (Å²) in [6, 6.07) is 15.6. The van der Waals surface area contributed by atoms with E-state index >= 15 is 0 Å². The molecule has 0 bridgehead atoms. The van der Waals surface area contributed by atoms with Gasteiger partial charge in [0.25, 0.3) is 5.88 Å². The first-order valence-electron chi connectivity index (χ1n) is 8.33. The van der Waals surface area contributed by atoms with E-state index in [4.69, 9.17) is 16.3 Å². The maximum absolute atomic E-state index is 12.8. The van der Waals surface area contributed by atoms with Gasteiger partial charge in [0.1, 0.15) is 5.75 Å². The molecule has 27 heavy (non-hydrogen) atoms. The number of carbonyl (C=O) groups is 1. The largest absolute Gasteiger partial charge is 0.464 e. The number of carbonyl (C=O) groups excluding carboxylic acids is 1. The molecule has 0 saturated heterocycles. The summed E-state index contributed by atoms with van der Waals surface area (Å²) in [5.74, 6) is 5.31. The van der Waals surface area contributed by atoms with Crippen molar-refractivity contribution in [2.75, 3.05) is 7.11 Å². The standard InChI is InChI=1S/C19H20FN3O3S/c1-25-19(24)17(21)18(23(22)27-20)26-16-10-8-15(9-11-16)14-6-4-13(5-7-14)12-2-3-12/h4-12H,2-3,21-22H2,1H3/b18-17+. The molecule has 0 heterocycles. The summed E-state index contributed by atoms with van der Waals surface area (Å²) in [6.45, 7) is 0. The molecule has 4 N–H and O–H groups in total. The second kappa shape index (κ2) is 8.32. The Morgan fingerprint density at radius 1 is 1.11 bits per heavy atom. The molecule has 0 atom stereocenters. The van der Waals surface area contributed by atoms with E-state index in [-0.39, 0.29) is 18.2 Å². The summed E-state index contributed by atoms with van der Waals surface area (Å²) >= 11 is -0.342. The SMILES string of the molecule is COC(=O)/C(N)=C(\Oc1ccc(-c2ccc(C3CC3)cc2)cc1)N(N)SF. The minimum Gasteiger partial charge on any atom is -0.464 e. The van der Waals surface area contributed by atoms with Crippen LogP contribution in [0.3, 0.4) is 0 Å². The number of nitrogens with two attached hydrogens (primary N) is 2. The van der Waals surface area contributed by atoms with Crippen molar-refractivity contribution >= 4 is 18.3 Å². The zero-order valence-electron chi connectivity index (χ0n) is 14.7. The Kier molecular flexibility index (Phi) is 5.88. The smallest absolute Gasteiger partial charge is 0.359 e. The van der Waals surface area contributed by atoms with Crippen LogP contribution in [0.5, 0.6) is 5.75 Å². The molecular weight excluding hydrogens is 369 g/mol. The normalized spacial score (nSPS) is 14.3. The number of methoxy groups -OCH3 is 1. The van der Waals surface area contributed by atoms with Crippen LogP contribution in [0, 0.1) is 0 Å². The number of hydrogen-bond acceptors (Lipinski definition) is 7. The quantitative estimate of drug-likeness (QED) is 0.187. The van der Waals surface area contributed by atoms with Gasteiger partial charge in [-0.3, -0.25) is 0 Å². The van der Waals surface area contributed by atoms with Crippen LogP contribution in [0.2, 0.25) is 0 Å². The predicted octanol–water partition coefficient (Wildman–Crippen LogP) is 3.62. The summed E-state index contributed by atoms with van der Waals surface area (Å²) in [7, 11) is 1.15. The summed E-state index contributed by atoms with van der Waals surface area (Å²) in [4.78, 5) is 11.6. The molecule has 1 fully saturated rings. The second-order valence-corrected chi connectivity index (χ2v) is 6.66. The fourth-order valence-corrected chi connectivity index (χ4v) is 2.84. The van der Waals surface area contributed by atoms with E-state index in [1.165, 1.54) is 18.4 Å². The molecule has 0 unspecified atom stereocenters. The molecule has 0 aliphatic heterocycles. The van der Waals surface area contributed by atoms with Crippen molar-refractivity contribution in [2.24, 2.45) is 11.6 Å². The Morgan fingerprint density at radius 3 is 2.15 bits per heavy atom. The summed E-state index contributed by atoms with van der Waals surface area (Å²) in [6.07, 6.45) is 2.54. The van der Waals surface area contributed by atoms with Crippen LogP contribution in [-0.4, -0.2) is 17.5 Å². The third kappa shape index (κ3) is 4.53. The average molecular weight is 389 g/mol. The van der Waals surface area contributed by atoms with E-state index in [1.54, 1.807) is 12.1 Å². The number of nitrogens with zero attached hydrogens (tertiary/aromatic N) is 1. The number of benzene rings is 2. The van der Waals surface area contributed by atoms with Crippen molar-refractivity contribution in [3.05, 3.63) is 65.7 Å². The molecule has 0 amide bonds. The van der Waals surface area contributed by atoms with Gasteiger partial charge in [-0.1, -0.05) is 36.4 Å². The van der Waals surface area contributed by atoms with Gasteiger partial charge < -0.3 is 15.2 Å². The van der Waals surface area contributed by atoms with Crippen LogP contribution in [-0.2, 0) is 9.53 Å². The van der Waals surface area contributed by atoms with Gasteiger partial charge in [-0.2, -0.15) is 4.41 Å². The topological polar surface area (TPSA) is 90.8 Å². The van der Waals surface area contributed by atoms with Gasteiger partial charge in [0.2, 0.25) is 0 Å². The van der Waals surface area contributed by atoms with Gasteiger partial charge in [0.05, 0.1) is 7.11 Å². The number of halogens is 1. The molecule has 0 radical (unpaired) electrons. The minimum absolute atomic E-state index is 0.342. The lowest BCUT2D eigenvalue weighted by atomic mass is 10.0. The molecule has 1 aliphatic carbocycles. The summed E-state index contributed by atoms with van der Waals surface area (Å²) in [5.41, 5.74) is 8.65. The highest BCUT2D eigenvalue weighted by molar-refractivity contribution is 7.92. The minimum atomic E-state index is -0.873. The Bertz CT molecular complexity index is 836. The highest BCUT2D eigenvalue weighted by Crippen LogP contribution is 2.40. The van der Waals surface area contributed by atoms with Crippen LogP contribution < -0.4 is 16.3 Å². The van der Waals surface area contributed by atoms with Crippen LogP contribution >= 0.6 is 12.3 Å². The first-order valence-corrected chi connectivity index (χ1v) is 9.00. The van der Waals surface area contributed by atoms with Crippen molar-refractivity contribution < 1.29 is 18.2 Å². The van der Waals surface area contributed by atoms with Crippen molar-refractivity contribution in [1.29, 1.82) is 0 Å². The summed E-state index contributed by atoms with van der Waals surface area (Å²) < 4.78 is 23.4. The lowest BCUT2D eigenvalue weighted by molar-refractivity contribution is -0.136. The number of hydrogen-bond donors (Lipinski definition) is 2. The van der Waals surface area contributed by atoms with Crippen molar-refractivity contribution in [2.45, 2.75) is 18.8 Å². The Morgan fingerprint density at radius 2 is 1.67 bits per heavy atom. The van der Waals surface area contributed by atoms with E-state index in [0.29, 0.717) is 16.1 Å². The monoisotopic (exact) mass is 389 g/mol. The van der Waals surface area contributed by atoms with E-state index in [0.717, 1.165) is 18.2 Å². The highest BCUT2D eigenvalue weighted by Gasteiger charge is 2.23. The molecule has 3 rings (SSSR count). The third-order valence-corrected chi connectivity index (χ3v) is 4.59. The maximum atomic E-state index is 12.8. The average Bonchev–Trinajstić information content (AvgIpc) is 3.56. The second-order valence-electron chi connectivity index (χ2n) is 6.13. The molecule has 0 spiro atoms. The number of hydrazine groups is 1. The van der Waals surface area contributed by atoms with Crippen LogP contribution in [0.25, 0.3) is 11.1 Å². The maximum Gasteiger partial charge on any atom is 0.359 e. The zero-order chi connectivity index (χ0) is 19.4. The lowest BCUT2D eigenvalue weighted by Gasteiger charge is -2.18. The zero-order valence-corrected chi connectivity index (χ0v) is 15.5. The van der Waals surface area contributed by atoms with Crippen LogP contribution in [0.4, 0.5) is 3.89 Å². The van der Waals surface area contributed by atoms with Crippen molar-refractivity contribution in [1.82, 2.24) is 4.41 Å². The van der Waals surface area contributed by atoms with Crippen molar-refractivity contribution in [3.8, 4) is 16.9 Å². The molecule has 1 saturated carbocycles. The lowest BCUT2D eigenvalue weighted by Crippen LogP contribution is -2.31. The van der Waals surface area contributed by atoms with Gasteiger partial charge in [0.15, 0.2) is 18.0 Å². The van der Waals surface area contributed by atoms with Crippen LogP contribution in [0.1, 0.15) is 24.3 Å². The number of esters is 1. The molecule has 0 aromatic heterocycles. The van der Waals surface area contributed by atoms with Crippen LogP contribution in [0.15, 0.2) is 60.1 Å². The van der Waals surface area contributed by atoms with Gasteiger partial charge in [-0.15, -0.1) is 3.89 Å².